The second-order valence-corrected chi connectivity index (χ2v) is 6.39. The molecule has 2 heterocycles. The lowest BCUT2D eigenvalue weighted by atomic mass is 10.0. The van der Waals surface area contributed by atoms with E-state index in [0.717, 1.165) is 37.7 Å². The molecule has 1 amide bonds. The second-order valence-electron chi connectivity index (χ2n) is 6.39. The highest BCUT2D eigenvalue weighted by Gasteiger charge is 2.30. The number of hydrogen-bond acceptors (Lipinski definition) is 4. The van der Waals surface area contributed by atoms with Crippen LogP contribution in [-0.2, 0) is 6.18 Å². The van der Waals surface area contributed by atoms with Crippen LogP contribution in [0.3, 0.4) is 0 Å². The number of benzene rings is 1. The van der Waals surface area contributed by atoms with Crippen LogP contribution in [0, 0.1) is 0 Å². The van der Waals surface area contributed by atoms with Crippen LogP contribution in [0.15, 0.2) is 42.6 Å². The Morgan fingerprint density at radius 2 is 1.96 bits per heavy atom. The molecular weight excluding hydrogens is 359 g/mol. The fraction of sp³-hybridized carbons (Fsp3) is 0.368. The first-order chi connectivity index (χ1) is 12.9. The Labute approximate surface area is 155 Å². The molecule has 1 aliphatic rings. The zero-order valence-corrected chi connectivity index (χ0v) is 14.8. The molecule has 0 unspecified atom stereocenters. The summed E-state index contributed by atoms with van der Waals surface area (Å²) in [7, 11) is 1.89. The Kier molecular flexibility index (Phi) is 5.65. The molecule has 1 aliphatic heterocycles. The van der Waals surface area contributed by atoms with Crippen molar-refractivity contribution in [3.8, 4) is 11.6 Å². The summed E-state index contributed by atoms with van der Waals surface area (Å²) in [6.45, 7) is 1.40. The molecule has 1 N–H and O–H groups in total. The first kappa shape index (κ1) is 19.2. The van der Waals surface area contributed by atoms with Gasteiger partial charge in [0.15, 0.2) is 0 Å². The summed E-state index contributed by atoms with van der Waals surface area (Å²) >= 11 is 0. The van der Waals surface area contributed by atoms with Gasteiger partial charge in [-0.3, -0.25) is 4.79 Å². The van der Waals surface area contributed by atoms with Crippen molar-refractivity contribution in [2.45, 2.75) is 25.1 Å². The van der Waals surface area contributed by atoms with Gasteiger partial charge in [-0.15, -0.1) is 0 Å². The molecule has 0 spiro atoms. The number of ether oxygens (including phenoxy) is 1. The Morgan fingerprint density at radius 1 is 1.22 bits per heavy atom. The number of hydrogen-bond donors (Lipinski definition) is 1. The third-order valence-corrected chi connectivity index (χ3v) is 4.50. The molecular formula is C19H20F3N3O2. The molecule has 3 rings (SSSR count). The number of carbonyl (C=O) groups is 1. The van der Waals surface area contributed by atoms with E-state index in [-0.39, 0.29) is 11.8 Å². The first-order valence-electron chi connectivity index (χ1n) is 8.64. The number of halogens is 3. The van der Waals surface area contributed by atoms with E-state index in [9.17, 15) is 18.0 Å². The van der Waals surface area contributed by atoms with Crippen LogP contribution in [0.2, 0.25) is 0 Å². The summed E-state index contributed by atoms with van der Waals surface area (Å²) in [5, 5.41) is 3.20. The lowest BCUT2D eigenvalue weighted by molar-refractivity contribution is -0.137. The van der Waals surface area contributed by atoms with E-state index >= 15 is 0 Å². The van der Waals surface area contributed by atoms with E-state index in [1.165, 1.54) is 0 Å². The minimum Gasteiger partial charge on any atom is -0.439 e. The summed E-state index contributed by atoms with van der Waals surface area (Å²) < 4.78 is 43.1. The summed E-state index contributed by atoms with van der Waals surface area (Å²) in [5.41, 5.74) is -0.295. The van der Waals surface area contributed by atoms with Gasteiger partial charge in [-0.25, -0.2) is 4.98 Å². The molecule has 0 radical (unpaired) electrons. The fourth-order valence-electron chi connectivity index (χ4n) is 2.97. The van der Waals surface area contributed by atoms with E-state index < -0.39 is 11.7 Å². The molecule has 27 heavy (non-hydrogen) atoms. The molecule has 0 bridgehead atoms. The molecule has 0 saturated carbocycles. The average Bonchev–Trinajstić information content (AvgIpc) is 2.68. The molecule has 1 atom stereocenters. The number of likely N-dealkylation sites (N-methyl/N-ethyl adjacent to an activating group) is 1. The molecule has 8 heteroatoms. The van der Waals surface area contributed by atoms with Crippen LogP contribution < -0.4 is 10.1 Å². The van der Waals surface area contributed by atoms with E-state index in [2.05, 4.69) is 10.3 Å². The predicted octanol–water partition coefficient (Wildman–Crippen LogP) is 3.72. The zero-order chi connectivity index (χ0) is 19.4. The number of alkyl halides is 3. The van der Waals surface area contributed by atoms with E-state index in [1.54, 1.807) is 24.3 Å². The van der Waals surface area contributed by atoms with Gasteiger partial charge in [0.25, 0.3) is 5.91 Å². The van der Waals surface area contributed by atoms with Gasteiger partial charge in [0, 0.05) is 37.0 Å². The average molecular weight is 379 g/mol. The van der Waals surface area contributed by atoms with Crippen LogP contribution in [0.5, 0.6) is 11.6 Å². The number of carbonyl (C=O) groups excluding carboxylic acids is 1. The first-order valence-corrected chi connectivity index (χ1v) is 8.64. The number of pyridine rings is 1. The highest BCUT2D eigenvalue weighted by Crippen LogP contribution is 2.30. The Hall–Kier alpha value is -2.61. The zero-order valence-electron chi connectivity index (χ0n) is 14.8. The third-order valence-electron chi connectivity index (χ3n) is 4.50. The Balaban J connectivity index is 1.64. The summed E-state index contributed by atoms with van der Waals surface area (Å²) in [6, 6.07) is 8.87. The van der Waals surface area contributed by atoms with Crippen molar-refractivity contribution in [2.75, 3.05) is 20.1 Å². The van der Waals surface area contributed by atoms with Crippen molar-refractivity contribution in [3.05, 3.63) is 53.7 Å². The Morgan fingerprint density at radius 3 is 2.56 bits per heavy atom. The fourth-order valence-corrected chi connectivity index (χ4v) is 2.97. The highest BCUT2D eigenvalue weighted by molar-refractivity contribution is 5.94. The van der Waals surface area contributed by atoms with Crippen LogP contribution in [0.1, 0.15) is 28.8 Å². The van der Waals surface area contributed by atoms with Gasteiger partial charge in [-0.05, 0) is 50.2 Å². The third kappa shape index (κ3) is 4.77. The molecule has 1 aromatic heterocycles. The highest BCUT2D eigenvalue weighted by atomic mass is 19.4. The van der Waals surface area contributed by atoms with Crippen LogP contribution in [0.4, 0.5) is 13.2 Å². The lowest BCUT2D eigenvalue weighted by Gasteiger charge is -2.32. The molecule has 1 saturated heterocycles. The SMILES string of the molecule is CN[C@H]1CCCN(C(=O)c2ccc(Oc3ccc(C(F)(F)F)cn3)cc2)C1. The number of nitrogens with zero attached hydrogens (tertiary/aromatic N) is 2. The maximum Gasteiger partial charge on any atom is 0.417 e. The molecule has 5 nitrogen and oxygen atoms in total. The lowest BCUT2D eigenvalue weighted by Crippen LogP contribution is -2.46. The minimum absolute atomic E-state index is 0.0471. The van der Waals surface area contributed by atoms with Crippen molar-refractivity contribution in [3.63, 3.8) is 0 Å². The number of likely N-dealkylation sites (tertiary alicyclic amines) is 1. The topological polar surface area (TPSA) is 54.5 Å². The monoisotopic (exact) mass is 379 g/mol. The predicted molar refractivity (Wildman–Crippen MR) is 93.7 cm³/mol. The van der Waals surface area contributed by atoms with Crippen molar-refractivity contribution >= 4 is 5.91 Å². The molecule has 144 valence electrons. The minimum atomic E-state index is -4.44. The maximum atomic E-state index is 12.6. The second kappa shape index (κ2) is 7.96. The van der Waals surface area contributed by atoms with Gasteiger partial charge in [-0.2, -0.15) is 13.2 Å². The molecule has 0 aliphatic carbocycles. The quantitative estimate of drug-likeness (QED) is 0.880. The van der Waals surface area contributed by atoms with Crippen LogP contribution in [0.25, 0.3) is 0 Å². The molecule has 1 fully saturated rings. The van der Waals surface area contributed by atoms with Crippen LogP contribution >= 0.6 is 0 Å². The van der Waals surface area contributed by atoms with Crippen molar-refractivity contribution in [1.29, 1.82) is 0 Å². The standard InChI is InChI=1S/C19H20F3N3O2/c1-23-15-3-2-10-25(12-15)18(26)13-4-7-16(8-5-13)27-17-9-6-14(11-24-17)19(20,21)22/h4-9,11,15,23H,2-3,10,12H2,1H3/t15-/m0/s1. The van der Waals surface area contributed by atoms with E-state index in [1.807, 2.05) is 11.9 Å². The molecule has 1 aromatic carbocycles. The van der Waals surface area contributed by atoms with Gasteiger partial charge >= 0.3 is 6.18 Å². The largest absolute Gasteiger partial charge is 0.439 e. The number of amides is 1. The van der Waals surface area contributed by atoms with Gasteiger partial charge < -0.3 is 15.0 Å². The molecule has 2 aromatic rings. The van der Waals surface area contributed by atoms with Gasteiger partial charge in [-0.1, -0.05) is 0 Å². The summed E-state index contributed by atoms with van der Waals surface area (Å²) in [4.78, 5) is 18.1. The van der Waals surface area contributed by atoms with Crippen LogP contribution in [-0.4, -0.2) is 42.0 Å². The van der Waals surface area contributed by atoms with Crippen molar-refractivity contribution < 1.29 is 22.7 Å². The summed E-state index contributed by atoms with van der Waals surface area (Å²) in [6.07, 6.45) is -1.71. The number of nitrogens with one attached hydrogen (secondary N) is 1. The van der Waals surface area contributed by atoms with E-state index in [4.69, 9.17) is 4.74 Å². The smallest absolute Gasteiger partial charge is 0.417 e. The Bertz CT molecular complexity index is 776. The number of aromatic nitrogens is 1. The van der Waals surface area contributed by atoms with Gasteiger partial charge in [0.05, 0.1) is 5.56 Å². The normalized spacial score (nSPS) is 17.6. The van der Waals surface area contributed by atoms with Gasteiger partial charge in [0.2, 0.25) is 5.88 Å². The maximum absolute atomic E-state index is 12.6. The van der Waals surface area contributed by atoms with Crippen molar-refractivity contribution in [1.82, 2.24) is 15.2 Å². The van der Waals surface area contributed by atoms with Gasteiger partial charge in [0.1, 0.15) is 5.75 Å². The summed E-state index contributed by atoms with van der Waals surface area (Å²) in [5.74, 6) is 0.398. The van der Waals surface area contributed by atoms with E-state index in [0.29, 0.717) is 23.9 Å². The number of piperidine rings is 1. The van der Waals surface area contributed by atoms with Crippen molar-refractivity contribution in [2.24, 2.45) is 0 Å². The number of rotatable bonds is 4.